The van der Waals surface area contributed by atoms with Crippen LogP contribution in [0.3, 0.4) is 0 Å². The van der Waals surface area contributed by atoms with Crippen molar-refractivity contribution in [2.45, 2.75) is 13.5 Å². The van der Waals surface area contributed by atoms with Crippen LogP contribution < -0.4 is 0 Å². The van der Waals surface area contributed by atoms with Gasteiger partial charge in [0.2, 0.25) is 5.91 Å². The highest BCUT2D eigenvalue weighted by molar-refractivity contribution is 7.15. The third kappa shape index (κ3) is 4.10. The molecule has 5 heteroatoms. The largest absolute Gasteiger partial charge is 0.340 e. The van der Waals surface area contributed by atoms with E-state index in [0.717, 1.165) is 49.0 Å². The molecule has 0 aliphatic carbocycles. The predicted molar refractivity (Wildman–Crippen MR) is 111 cm³/mol. The normalized spacial score (nSPS) is 15.1. The van der Waals surface area contributed by atoms with Crippen LogP contribution in [0.1, 0.15) is 11.9 Å². The number of piperazine rings is 1. The molecular weight excluding hydrogens is 354 g/mol. The van der Waals surface area contributed by atoms with E-state index in [1.54, 1.807) is 18.3 Å². The topological polar surface area (TPSA) is 36.4 Å². The molecule has 2 heterocycles. The fraction of sp³-hybridized carbons (Fsp3) is 0.273. The van der Waals surface area contributed by atoms with Crippen molar-refractivity contribution < 1.29 is 4.79 Å². The molecule has 27 heavy (non-hydrogen) atoms. The first-order chi connectivity index (χ1) is 13.2. The van der Waals surface area contributed by atoms with Crippen LogP contribution in [0.25, 0.3) is 21.7 Å². The van der Waals surface area contributed by atoms with E-state index in [1.807, 2.05) is 17.0 Å². The number of carbonyl (C=O) groups is 1. The Bertz CT molecular complexity index is 843. The van der Waals surface area contributed by atoms with Gasteiger partial charge in [-0.15, -0.1) is 11.3 Å². The number of aromatic nitrogens is 1. The molecule has 1 aliphatic rings. The fourth-order valence-corrected chi connectivity index (χ4v) is 4.55. The van der Waals surface area contributed by atoms with Crippen molar-refractivity contribution >= 4 is 17.2 Å². The Kier molecular flexibility index (Phi) is 5.32. The lowest BCUT2D eigenvalue weighted by Crippen LogP contribution is -2.47. The third-order valence-electron chi connectivity index (χ3n) is 4.93. The summed E-state index contributed by atoms with van der Waals surface area (Å²) in [6.07, 6.45) is 0. The average Bonchev–Trinajstić information content (AvgIpc) is 3.13. The molecule has 0 atom stereocenters. The molecule has 138 valence electrons. The van der Waals surface area contributed by atoms with Crippen molar-refractivity contribution in [1.82, 2.24) is 14.8 Å². The molecule has 1 aromatic heterocycles. The lowest BCUT2D eigenvalue weighted by molar-refractivity contribution is -0.130. The predicted octanol–water partition coefficient (Wildman–Crippen LogP) is 4.14. The highest BCUT2D eigenvalue weighted by Crippen LogP contribution is 2.37. The Hall–Kier alpha value is -2.50. The smallest absolute Gasteiger partial charge is 0.219 e. The Morgan fingerprint density at radius 2 is 1.52 bits per heavy atom. The fourth-order valence-electron chi connectivity index (χ4n) is 3.42. The molecule has 0 radical (unpaired) electrons. The van der Waals surface area contributed by atoms with Crippen LogP contribution in [0.2, 0.25) is 0 Å². The van der Waals surface area contributed by atoms with Crippen molar-refractivity contribution in [1.29, 1.82) is 0 Å². The van der Waals surface area contributed by atoms with E-state index in [2.05, 4.69) is 53.4 Å². The number of rotatable bonds is 4. The molecule has 1 saturated heterocycles. The van der Waals surface area contributed by atoms with Gasteiger partial charge in [0.15, 0.2) is 0 Å². The second kappa shape index (κ2) is 8.03. The van der Waals surface area contributed by atoms with Gasteiger partial charge in [-0.25, -0.2) is 4.98 Å². The summed E-state index contributed by atoms with van der Waals surface area (Å²) in [5.41, 5.74) is 3.42. The Balaban J connectivity index is 1.59. The van der Waals surface area contributed by atoms with Gasteiger partial charge in [-0.2, -0.15) is 0 Å². The van der Waals surface area contributed by atoms with Gasteiger partial charge in [0, 0.05) is 38.7 Å². The summed E-state index contributed by atoms with van der Waals surface area (Å²) >= 11 is 1.77. The van der Waals surface area contributed by atoms with E-state index in [0.29, 0.717) is 0 Å². The highest BCUT2D eigenvalue weighted by atomic mass is 32.1. The molecule has 1 fully saturated rings. The van der Waals surface area contributed by atoms with Gasteiger partial charge in [-0.05, 0) is 5.56 Å². The lowest BCUT2D eigenvalue weighted by atomic mass is 10.1. The molecule has 0 unspecified atom stereocenters. The minimum Gasteiger partial charge on any atom is -0.340 e. The summed E-state index contributed by atoms with van der Waals surface area (Å²) in [6, 6.07) is 20.9. The van der Waals surface area contributed by atoms with E-state index in [-0.39, 0.29) is 5.91 Å². The van der Waals surface area contributed by atoms with Crippen LogP contribution in [-0.2, 0) is 11.3 Å². The maximum Gasteiger partial charge on any atom is 0.219 e. The summed E-state index contributed by atoms with van der Waals surface area (Å²) in [7, 11) is 0. The van der Waals surface area contributed by atoms with Gasteiger partial charge in [-0.3, -0.25) is 9.69 Å². The van der Waals surface area contributed by atoms with E-state index in [9.17, 15) is 4.79 Å². The second-order valence-corrected chi connectivity index (χ2v) is 7.88. The molecule has 1 aliphatic heterocycles. The van der Waals surface area contributed by atoms with Crippen LogP contribution in [-0.4, -0.2) is 46.9 Å². The number of thiazole rings is 1. The lowest BCUT2D eigenvalue weighted by Gasteiger charge is -2.33. The zero-order chi connectivity index (χ0) is 18.6. The van der Waals surface area contributed by atoms with Crippen molar-refractivity contribution in [3.05, 3.63) is 65.7 Å². The van der Waals surface area contributed by atoms with Crippen molar-refractivity contribution in [2.24, 2.45) is 0 Å². The molecule has 3 aromatic rings. The minimum atomic E-state index is 0.168. The first kappa shape index (κ1) is 17.9. The van der Waals surface area contributed by atoms with Crippen LogP contribution in [0.15, 0.2) is 60.7 Å². The molecule has 4 nitrogen and oxygen atoms in total. The van der Waals surface area contributed by atoms with Crippen molar-refractivity contribution in [3.63, 3.8) is 0 Å². The van der Waals surface area contributed by atoms with E-state index in [4.69, 9.17) is 4.98 Å². The second-order valence-electron chi connectivity index (χ2n) is 6.80. The number of amides is 1. The first-order valence-electron chi connectivity index (χ1n) is 9.29. The summed E-state index contributed by atoms with van der Waals surface area (Å²) < 4.78 is 0. The van der Waals surface area contributed by atoms with Gasteiger partial charge in [-0.1, -0.05) is 60.7 Å². The van der Waals surface area contributed by atoms with Crippen molar-refractivity contribution in [3.8, 4) is 21.7 Å². The molecule has 4 rings (SSSR count). The number of benzene rings is 2. The first-order valence-corrected chi connectivity index (χ1v) is 10.1. The summed E-state index contributed by atoms with van der Waals surface area (Å²) in [6.45, 7) is 5.90. The molecule has 1 amide bonds. The number of hydrogen-bond donors (Lipinski definition) is 0. The SMILES string of the molecule is CC(=O)N1CCN(Cc2nc(-c3ccccc3)c(-c3ccccc3)s2)CC1. The van der Waals surface area contributed by atoms with Gasteiger partial charge >= 0.3 is 0 Å². The van der Waals surface area contributed by atoms with Gasteiger partial charge in [0.25, 0.3) is 0 Å². The molecule has 0 saturated carbocycles. The Morgan fingerprint density at radius 1 is 0.926 bits per heavy atom. The standard InChI is InChI=1S/C22H23N3OS/c1-17(26)25-14-12-24(13-15-25)16-20-23-21(18-8-4-2-5-9-18)22(27-20)19-10-6-3-7-11-19/h2-11H,12-16H2,1H3. The summed E-state index contributed by atoms with van der Waals surface area (Å²) in [5.74, 6) is 0.168. The Morgan fingerprint density at radius 3 is 2.11 bits per heavy atom. The molecular formula is C22H23N3OS. The van der Waals surface area contributed by atoms with E-state index >= 15 is 0 Å². The zero-order valence-corrected chi connectivity index (χ0v) is 16.3. The maximum atomic E-state index is 11.5. The molecule has 0 N–H and O–H groups in total. The van der Waals surface area contributed by atoms with E-state index < -0.39 is 0 Å². The maximum absolute atomic E-state index is 11.5. The number of carbonyl (C=O) groups excluding carboxylic acids is 1. The van der Waals surface area contributed by atoms with Crippen molar-refractivity contribution in [2.75, 3.05) is 26.2 Å². The summed E-state index contributed by atoms with van der Waals surface area (Å²) in [5, 5.41) is 1.13. The van der Waals surface area contributed by atoms with Gasteiger partial charge in [0.1, 0.15) is 5.01 Å². The highest BCUT2D eigenvalue weighted by Gasteiger charge is 2.21. The molecule has 0 bridgehead atoms. The molecule has 2 aromatic carbocycles. The number of nitrogens with zero attached hydrogens (tertiary/aromatic N) is 3. The quantitative estimate of drug-likeness (QED) is 0.686. The van der Waals surface area contributed by atoms with Crippen LogP contribution in [0, 0.1) is 0 Å². The number of hydrogen-bond acceptors (Lipinski definition) is 4. The monoisotopic (exact) mass is 377 g/mol. The van der Waals surface area contributed by atoms with Gasteiger partial charge < -0.3 is 4.90 Å². The van der Waals surface area contributed by atoms with Crippen LogP contribution >= 0.6 is 11.3 Å². The van der Waals surface area contributed by atoms with E-state index in [1.165, 1.54) is 10.4 Å². The Labute approximate surface area is 164 Å². The van der Waals surface area contributed by atoms with Gasteiger partial charge in [0.05, 0.1) is 17.1 Å². The molecule has 0 spiro atoms. The minimum absolute atomic E-state index is 0.168. The average molecular weight is 378 g/mol. The van der Waals surface area contributed by atoms with Crippen LogP contribution in [0.5, 0.6) is 0 Å². The zero-order valence-electron chi connectivity index (χ0n) is 15.5. The van der Waals surface area contributed by atoms with Crippen LogP contribution in [0.4, 0.5) is 0 Å². The third-order valence-corrected chi connectivity index (χ3v) is 6.02. The summed E-state index contributed by atoms with van der Waals surface area (Å²) in [4.78, 5) is 22.1.